The fraction of sp³-hybridized carbons (Fsp3) is 0.632. The predicted octanol–water partition coefficient (Wildman–Crippen LogP) is 4.09. The van der Waals surface area contributed by atoms with Gasteiger partial charge < -0.3 is 15.1 Å². The van der Waals surface area contributed by atoms with Gasteiger partial charge in [-0.15, -0.1) is 24.0 Å². The van der Waals surface area contributed by atoms with Crippen molar-refractivity contribution < 1.29 is 0 Å². The van der Waals surface area contributed by atoms with Gasteiger partial charge in [-0.25, -0.2) is 0 Å². The van der Waals surface area contributed by atoms with Gasteiger partial charge in [-0.05, 0) is 56.5 Å². The number of guanidine groups is 1. The van der Waals surface area contributed by atoms with Crippen LogP contribution in [0, 0.1) is 5.92 Å². The summed E-state index contributed by atoms with van der Waals surface area (Å²) in [4.78, 5) is 9.61. The van der Waals surface area contributed by atoms with Crippen LogP contribution in [0.3, 0.4) is 0 Å². The molecule has 1 unspecified atom stereocenters. The normalized spacial score (nSPS) is 18.1. The van der Waals surface area contributed by atoms with Crippen LogP contribution in [0.5, 0.6) is 0 Å². The topological polar surface area (TPSA) is 30.9 Å². The second-order valence-corrected chi connectivity index (χ2v) is 7.07. The number of hydrogen-bond donors (Lipinski definition) is 1. The maximum atomic E-state index is 6.09. The number of hydrogen-bond acceptors (Lipinski definition) is 2. The summed E-state index contributed by atoms with van der Waals surface area (Å²) in [5, 5.41) is 4.19. The van der Waals surface area contributed by atoms with Crippen LogP contribution in [0.1, 0.15) is 32.3 Å². The Bertz CT molecular complexity index is 538. The summed E-state index contributed by atoms with van der Waals surface area (Å²) in [5.74, 6) is 1.66. The molecule has 1 saturated heterocycles. The highest BCUT2D eigenvalue weighted by atomic mass is 127. The number of nitrogens with one attached hydrogen (secondary N) is 1. The van der Waals surface area contributed by atoms with Crippen LogP contribution in [0.15, 0.2) is 29.3 Å². The minimum absolute atomic E-state index is 0. The molecule has 0 aromatic heterocycles. The van der Waals surface area contributed by atoms with Crippen LogP contribution < -0.4 is 5.32 Å². The standard InChI is InChI=1S/C19H31ClN4.HI/c1-4-10-24-11-9-17(15-24)13-22-19(21-5-2)23(3)14-16-7-6-8-18(20)12-16;/h6-8,12,17H,4-5,9-11,13-15H2,1-3H3,(H,21,22);1H. The Labute approximate surface area is 175 Å². The molecule has 2 rings (SSSR count). The first-order chi connectivity index (χ1) is 11.6. The van der Waals surface area contributed by atoms with E-state index in [9.17, 15) is 0 Å². The van der Waals surface area contributed by atoms with Crippen LogP contribution in [0.25, 0.3) is 0 Å². The van der Waals surface area contributed by atoms with E-state index in [1.165, 1.54) is 38.0 Å². The van der Waals surface area contributed by atoms with Crippen molar-refractivity contribution in [3.8, 4) is 0 Å². The molecule has 1 fully saturated rings. The second-order valence-electron chi connectivity index (χ2n) is 6.64. The molecule has 1 atom stereocenters. The van der Waals surface area contributed by atoms with Gasteiger partial charge in [0.15, 0.2) is 5.96 Å². The van der Waals surface area contributed by atoms with E-state index in [0.717, 1.165) is 30.6 Å². The molecule has 1 aliphatic rings. The van der Waals surface area contributed by atoms with Crippen LogP contribution in [-0.2, 0) is 6.54 Å². The SMILES string of the molecule is CCCN1CCC(CN=C(NCC)N(C)Cc2cccc(Cl)c2)C1.I. The van der Waals surface area contributed by atoms with Gasteiger partial charge in [-0.3, -0.25) is 4.99 Å². The monoisotopic (exact) mass is 478 g/mol. The lowest BCUT2D eigenvalue weighted by atomic mass is 10.1. The van der Waals surface area contributed by atoms with Gasteiger partial charge in [0.2, 0.25) is 0 Å². The summed E-state index contributed by atoms with van der Waals surface area (Å²) in [7, 11) is 2.08. The van der Waals surface area contributed by atoms with E-state index in [2.05, 4.69) is 42.1 Å². The number of likely N-dealkylation sites (tertiary alicyclic amines) is 1. The summed E-state index contributed by atoms with van der Waals surface area (Å²) < 4.78 is 0. The van der Waals surface area contributed by atoms with E-state index >= 15 is 0 Å². The average Bonchev–Trinajstić information content (AvgIpc) is 2.99. The molecule has 1 aliphatic heterocycles. The fourth-order valence-electron chi connectivity index (χ4n) is 3.25. The lowest BCUT2D eigenvalue weighted by molar-refractivity contribution is 0.326. The van der Waals surface area contributed by atoms with Crippen molar-refractivity contribution in [1.82, 2.24) is 15.1 Å². The summed E-state index contributed by atoms with van der Waals surface area (Å²) >= 11 is 6.09. The molecule has 6 heteroatoms. The van der Waals surface area contributed by atoms with Crippen LogP contribution >= 0.6 is 35.6 Å². The smallest absolute Gasteiger partial charge is 0.193 e. The van der Waals surface area contributed by atoms with Crippen LogP contribution in [-0.4, -0.2) is 55.5 Å². The first-order valence-electron chi connectivity index (χ1n) is 9.08. The molecule has 0 spiro atoms. The second kappa shape index (κ2) is 12.0. The van der Waals surface area contributed by atoms with E-state index in [1.807, 2.05) is 18.2 Å². The molecule has 1 heterocycles. The highest BCUT2D eigenvalue weighted by Gasteiger charge is 2.21. The molecule has 25 heavy (non-hydrogen) atoms. The molecule has 1 aromatic rings. The van der Waals surface area contributed by atoms with Crippen molar-refractivity contribution >= 4 is 41.5 Å². The summed E-state index contributed by atoms with van der Waals surface area (Å²) in [6.45, 7) is 10.6. The van der Waals surface area contributed by atoms with E-state index in [4.69, 9.17) is 16.6 Å². The van der Waals surface area contributed by atoms with Crippen molar-refractivity contribution in [3.05, 3.63) is 34.9 Å². The van der Waals surface area contributed by atoms with Crippen molar-refractivity contribution in [3.63, 3.8) is 0 Å². The number of benzene rings is 1. The van der Waals surface area contributed by atoms with Gasteiger partial charge in [-0.1, -0.05) is 30.7 Å². The molecule has 0 bridgehead atoms. The van der Waals surface area contributed by atoms with Gasteiger partial charge >= 0.3 is 0 Å². The summed E-state index contributed by atoms with van der Waals surface area (Å²) in [5.41, 5.74) is 1.20. The summed E-state index contributed by atoms with van der Waals surface area (Å²) in [6.07, 6.45) is 2.50. The van der Waals surface area contributed by atoms with E-state index in [0.29, 0.717) is 5.92 Å². The maximum Gasteiger partial charge on any atom is 0.193 e. The van der Waals surface area contributed by atoms with Crippen molar-refractivity contribution in [1.29, 1.82) is 0 Å². The zero-order valence-electron chi connectivity index (χ0n) is 15.7. The molecule has 0 amide bonds. The Morgan fingerprint density at radius 2 is 2.20 bits per heavy atom. The molecular formula is C19H32ClIN4. The first-order valence-corrected chi connectivity index (χ1v) is 9.46. The third-order valence-electron chi connectivity index (χ3n) is 4.41. The minimum Gasteiger partial charge on any atom is -0.357 e. The van der Waals surface area contributed by atoms with Gasteiger partial charge in [-0.2, -0.15) is 0 Å². The van der Waals surface area contributed by atoms with Crippen LogP contribution in [0.4, 0.5) is 0 Å². The molecule has 0 radical (unpaired) electrons. The van der Waals surface area contributed by atoms with Crippen LogP contribution in [0.2, 0.25) is 5.02 Å². The molecule has 1 N–H and O–H groups in total. The highest BCUT2D eigenvalue weighted by Crippen LogP contribution is 2.17. The number of rotatable bonds is 7. The quantitative estimate of drug-likeness (QED) is 0.364. The highest BCUT2D eigenvalue weighted by molar-refractivity contribution is 14.0. The van der Waals surface area contributed by atoms with Gasteiger partial charge in [0, 0.05) is 38.2 Å². The van der Waals surface area contributed by atoms with E-state index < -0.39 is 0 Å². The number of halogens is 2. The zero-order chi connectivity index (χ0) is 17.4. The molecule has 0 aliphatic carbocycles. The van der Waals surface area contributed by atoms with E-state index in [1.54, 1.807) is 0 Å². The van der Waals surface area contributed by atoms with Gasteiger partial charge in [0.25, 0.3) is 0 Å². The number of nitrogens with zero attached hydrogens (tertiary/aromatic N) is 3. The molecule has 142 valence electrons. The Hall–Kier alpha value is -0.530. The largest absolute Gasteiger partial charge is 0.357 e. The Morgan fingerprint density at radius 3 is 2.88 bits per heavy atom. The summed E-state index contributed by atoms with van der Waals surface area (Å²) in [6, 6.07) is 8.02. The Balaban J connectivity index is 0.00000312. The third kappa shape index (κ3) is 7.71. The molecule has 4 nitrogen and oxygen atoms in total. The van der Waals surface area contributed by atoms with E-state index in [-0.39, 0.29) is 24.0 Å². The molecule has 1 aromatic carbocycles. The zero-order valence-corrected chi connectivity index (χ0v) is 18.8. The van der Waals surface area contributed by atoms with Crippen molar-refractivity contribution in [2.75, 3.05) is 39.8 Å². The fourth-order valence-corrected chi connectivity index (χ4v) is 3.46. The Morgan fingerprint density at radius 1 is 1.40 bits per heavy atom. The van der Waals surface area contributed by atoms with Gasteiger partial charge in [0.1, 0.15) is 0 Å². The molecule has 0 saturated carbocycles. The lowest BCUT2D eigenvalue weighted by Gasteiger charge is -2.23. The number of aliphatic imine (C=N–C) groups is 1. The third-order valence-corrected chi connectivity index (χ3v) is 4.65. The Kier molecular flexibility index (Phi) is 10.8. The predicted molar refractivity (Wildman–Crippen MR) is 119 cm³/mol. The lowest BCUT2D eigenvalue weighted by Crippen LogP contribution is -2.39. The maximum absolute atomic E-state index is 6.09. The van der Waals surface area contributed by atoms with Crippen molar-refractivity contribution in [2.45, 2.75) is 33.2 Å². The average molecular weight is 479 g/mol. The van der Waals surface area contributed by atoms with Gasteiger partial charge in [0.05, 0.1) is 0 Å². The first kappa shape index (κ1) is 22.5. The minimum atomic E-state index is 0. The molecular weight excluding hydrogens is 447 g/mol. The van der Waals surface area contributed by atoms with Crippen molar-refractivity contribution in [2.24, 2.45) is 10.9 Å².